The predicted octanol–water partition coefficient (Wildman–Crippen LogP) is 3.44. The van der Waals surface area contributed by atoms with Crippen LogP contribution in [0.4, 0.5) is 15.6 Å². The Morgan fingerprint density at radius 1 is 1.31 bits per heavy atom. The zero-order valence-electron chi connectivity index (χ0n) is 8.11. The zero-order valence-corrected chi connectivity index (χ0v) is 9.68. The van der Waals surface area contributed by atoms with Gasteiger partial charge < -0.3 is 5.32 Å². The molecule has 1 heterocycles. The Balaban J connectivity index is 2.00. The fourth-order valence-corrected chi connectivity index (χ4v) is 1.81. The quantitative estimate of drug-likeness (QED) is 0.861. The molecule has 2 amide bonds. The van der Waals surface area contributed by atoms with Gasteiger partial charge in [-0.3, -0.25) is 5.32 Å². The van der Waals surface area contributed by atoms with E-state index >= 15 is 0 Å². The number of hydrogen-bond donors (Lipinski definition) is 2. The van der Waals surface area contributed by atoms with Gasteiger partial charge in [-0.1, -0.05) is 23.7 Å². The Kier molecular flexibility index (Phi) is 3.38. The van der Waals surface area contributed by atoms with Crippen LogP contribution in [0.5, 0.6) is 0 Å². The molecule has 2 N–H and O–H groups in total. The maximum atomic E-state index is 11.5. The van der Waals surface area contributed by atoms with Crippen LogP contribution in [-0.4, -0.2) is 11.0 Å². The fraction of sp³-hybridized carbons (Fsp3) is 0. The molecule has 6 heteroatoms. The number of rotatable bonds is 2. The van der Waals surface area contributed by atoms with E-state index in [1.54, 1.807) is 35.8 Å². The van der Waals surface area contributed by atoms with Crippen molar-refractivity contribution in [1.82, 2.24) is 4.98 Å². The largest absolute Gasteiger partial charge is 0.325 e. The highest BCUT2D eigenvalue weighted by Gasteiger charge is 2.05. The summed E-state index contributed by atoms with van der Waals surface area (Å²) in [4.78, 5) is 15.5. The van der Waals surface area contributed by atoms with Crippen LogP contribution in [0.1, 0.15) is 0 Å². The van der Waals surface area contributed by atoms with Crippen LogP contribution in [0.3, 0.4) is 0 Å². The fourth-order valence-electron chi connectivity index (χ4n) is 1.10. The lowest BCUT2D eigenvalue weighted by Gasteiger charge is -2.06. The maximum Gasteiger partial charge on any atom is 0.325 e. The molecule has 2 aromatic rings. The lowest BCUT2D eigenvalue weighted by molar-refractivity contribution is 0.262. The van der Waals surface area contributed by atoms with Gasteiger partial charge in [0.1, 0.15) is 0 Å². The molecule has 82 valence electrons. The Morgan fingerprint density at radius 2 is 2.12 bits per heavy atom. The van der Waals surface area contributed by atoms with Crippen LogP contribution >= 0.6 is 22.9 Å². The minimum atomic E-state index is -0.358. The van der Waals surface area contributed by atoms with Crippen molar-refractivity contribution in [2.75, 3.05) is 10.6 Å². The second kappa shape index (κ2) is 4.96. The maximum absolute atomic E-state index is 11.5. The van der Waals surface area contributed by atoms with Gasteiger partial charge in [0.2, 0.25) is 0 Å². The Labute approximate surface area is 101 Å². The third kappa shape index (κ3) is 2.71. The monoisotopic (exact) mass is 253 g/mol. The normalized spacial score (nSPS) is 9.81. The van der Waals surface area contributed by atoms with Gasteiger partial charge in [0.25, 0.3) is 0 Å². The average molecular weight is 254 g/mol. The zero-order chi connectivity index (χ0) is 11.4. The molecular formula is C10H8ClN3OS. The molecule has 4 nitrogen and oxygen atoms in total. The summed E-state index contributed by atoms with van der Waals surface area (Å²) < 4.78 is 0. The second-order valence-corrected chi connectivity index (χ2v) is 4.20. The Morgan fingerprint density at radius 3 is 2.81 bits per heavy atom. The van der Waals surface area contributed by atoms with Crippen molar-refractivity contribution < 1.29 is 4.79 Å². The van der Waals surface area contributed by atoms with E-state index < -0.39 is 0 Å². The highest BCUT2D eigenvalue weighted by Crippen LogP contribution is 2.20. The third-order valence-electron chi connectivity index (χ3n) is 1.77. The van der Waals surface area contributed by atoms with E-state index in [1.165, 1.54) is 11.3 Å². The number of hydrogen-bond acceptors (Lipinski definition) is 3. The number of para-hydroxylation sites is 1. The number of nitrogens with one attached hydrogen (secondary N) is 2. The van der Waals surface area contributed by atoms with Gasteiger partial charge in [0.15, 0.2) is 5.13 Å². The molecular weight excluding hydrogens is 246 g/mol. The van der Waals surface area contributed by atoms with Crippen molar-refractivity contribution in [1.29, 1.82) is 0 Å². The molecule has 0 radical (unpaired) electrons. The Bertz CT molecular complexity index is 487. The molecule has 1 aromatic heterocycles. The molecule has 0 aliphatic heterocycles. The predicted molar refractivity (Wildman–Crippen MR) is 66.2 cm³/mol. The SMILES string of the molecule is O=C(Nc1nccs1)Nc1ccccc1Cl. The highest BCUT2D eigenvalue weighted by atomic mass is 35.5. The van der Waals surface area contributed by atoms with Crippen LogP contribution in [0, 0.1) is 0 Å². The molecule has 16 heavy (non-hydrogen) atoms. The smallest absolute Gasteiger partial charge is 0.306 e. The van der Waals surface area contributed by atoms with Crippen molar-refractivity contribution in [2.24, 2.45) is 0 Å². The first-order valence-electron chi connectivity index (χ1n) is 4.48. The second-order valence-electron chi connectivity index (χ2n) is 2.90. The van der Waals surface area contributed by atoms with Gasteiger partial charge in [0.05, 0.1) is 10.7 Å². The number of urea groups is 1. The number of thiazole rings is 1. The van der Waals surface area contributed by atoms with Crippen LogP contribution in [0.2, 0.25) is 5.02 Å². The highest BCUT2D eigenvalue weighted by molar-refractivity contribution is 7.13. The number of benzene rings is 1. The van der Waals surface area contributed by atoms with Gasteiger partial charge in [0, 0.05) is 11.6 Å². The molecule has 0 unspecified atom stereocenters. The van der Waals surface area contributed by atoms with E-state index in [1.807, 2.05) is 0 Å². The van der Waals surface area contributed by atoms with Gasteiger partial charge in [-0.15, -0.1) is 11.3 Å². The van der Waals surface area contributed by atoms with Gasteiger partial charge in [-0.2, -0.15) is 0 Å². The first kappa shape index (κ1) is 10.9. The molecule has 0 atom stereocenters. The first-order valence-corrected chi connectivity index (χ1v) is 5.73. The average Bonchev–Trinajstić information content (AvgIpc) is 2.74. The van der Waals surface area contributed by atoms with Gasteiger partial charge in [-0.25, -0.2) is 9.78 Å². The summed E-state index contributed by atoms with van der Waals surface area (Å²) in [5, 5.41) is 8.06. The van der Waals surface area contributed by atoms with Crippen molar-refractivity contribution in [3.63, 3.8) is 0 Å². The number of carbonyl (C=O) groups is 1. The van der Waals surface area contributed by atoms with E-state index in [9.17, 15) is 4.79 Å². The standard InChI is InChI=1S/C10H8ClN3OS/c11-7-3-1-2-4-8(7)13-9(15)14-10-12-5-6-16-10/h1-6H,(H2,12,13,14,15). The van der Waals surface area contributed by atoms with Crippen LogP contribution in [0.15, 0.2) is 35.8 Å². The lowest BCUT2D eigenvalue weighted by Crippen LogP contribution is -2.19. The van der Waals surface area contributed by atoms with Crippen LogP contribution < -0.4 is 10.6 Å². The van der Waals surface area contributed by atoms with Gasteiger partial charge in [-0.05, 0) is 12.1 Å². The van der Waals surface area contributed by atoms with Gasteiger partial charge >= 0.3 is 6.03 Å². The number of nitrogens with zero attached hydrogens (tertiary/aromatic N) is 1. The van der Waals surface area contributed by atoms with Crippen molar-refractivity contribution in [3.05, 3.63) is 40.9 Å². The molecule has 0 saturated heterocycles. The van der Waals surface area contributed by atoms with E-state index in [-0.39, 0.29) is 6.03 Å². The molecule has 0 spiro atoms. The Hall–Kier alpha value is -1.59. The van der Waals surface area contributed by atoms with E-state index in [2.05, 4.69) is 15.6 Å². The number of amides is 2. The molecule has 0 bridgehead atoms. The lowest BCUT2D eigenvalue weighted by atomic mass is 10.3. The molecule has 0 saturated carbocycles. The summed E-state index contributed by atoms with van der Waals surface area (Å²) in [7, 11) is 0. The first-order chi connectivity index (χ1) is 7.75. The van der Waals surface area contributed by atoms with E-state index in [0.717, 1.165) is 0 Å². The molecule has 2 rings (SSSR count). The van der Waals surface area contributed by atoms with Crippen LogP contribution in [-0.2, 0) is 0 Å². The van der Waals surface area contributed by atoms with E-state index in [4.69, 9.17) is 11.6 Å². The summed E-state index contributed by atoms with van der Waals surface area (Å²) in [6, 6.07) is 6.67. The van der Waals surface area contributed by atoms with Crippen molar-refractivity contribution in [3.8, 4) is 0 Å². The van der Waals surface area contributed by atoms with Crippen molar-refractivity contribution >= 4 is 39.8 Å². The summed E-state index contributed by atoms with van der Waals surface area (Å²) >= 11 is 7.24. The summed E-state index contributed by atoms with van der Waals surface area (Å²) in [6.45, 7) is 0. The minimum absolute atomic E-state index is 0.358. The summed E-state index contributed by atoms with van der Waals surface area (Å²) in [5.74, 6) is 0. The third-order valence-corrected chi connectivity index (χ3v) is 2.79. The number of aromatic nitrogens is 1. The molecule has 0 fully saturated rings. The minimum Gasteiger partial charge on any atom is -0.306 e. The van der Waals surface area contributed by atoms with Crippen molar-refractivity contribution in [2.45, 2.75) is 0 Å². The summed E-state index contributed by atoms with van der Waals surface area (Å²) in [5.41, 5.74) is 0.568. The topological polar surface area (TPSA) is 54.0 Å². The number of halogens is 1. The number of carbonyl (C=O) groups excluding carboxylic acids is 1. The van der Waals surface area contributed by atoms with E-state index in [0.29, 0.717) is 15.8 Å². The number of anilines is 2. The molecule has 0 aliphatic carbocycles. The molecule has 1 aromatic carbocycles. The summed E-state index contributed by atoms with van der Waals surface area (Å²) in [6.07, 6.45) is 1.62. The van der Waals surface area contributed by atoms with Crippen LogP contribution in [0.25, 0.3) is 0 Å². The molecule has 0 aliphatic rings.